The van der Waals surface area contributed by atoms with E-state index < -0.39 is 0 Å². The summed E-state index contributed by atoms with van der Waals surface area (Å²) in [7, 11) is 0. The molecule has 1 unspecified atom stereocenters. The molecule has 5 saturated carbocycles. The molecule has 17 heavy (non-hydrogen) atoms. The van der Waals surface area contributed by atoms with Gasteiger partial charge in [0, 0.05) is 12.1 Å². The van der Waals surface area contributed by atoms with Crippen LogP contribution < -0.4 is 5.32 Å². The number of hydrogen-bond donors (Lipinski definition) is 1. The van der Waals surface area contributed by atoms with E-state index in [0.29, 0.717) is 0 Å². The van der Waals surface area contributed by atoms with Crippen molar-refractivity contribution in [3.8, 4) is 0 Å². The molecule has 0 aliphatic heterocycles. The van der Waals surface area contributed by atoms with Crippen molar-refractivity contribution in [2.24, 2.45) is 29.6 Å². The van der Waals surface area contributed by atoms with Crippen molar-refractivity contribution in [1.29, 1.82) is 0 Å². The predicted molar refractivity (Wildman–Crippen MR) is 70.8 cm³/mol. The third-order valence-corrected chi connectivity index (χ3v) is 6.09. The zero-order chi connectivity index (χ0) is 11.4. The van der Waals surface area contributed by atoms with Gasteiger partial charge in [-0.05, 0) is 75.0 Å². The first-order valence-electron chi connectivity index (χ1n) is 8.04. The molecular formula is C16H27N. The molecule has 0 amide bonds. The van der Waals surface area contributed by atoms with Crippen LogP contribution in [0.3, 0.4) is 0 Å². The van der Waals surface area contributed by atoms with E-state index >= 15 is 0 Å². The van der Waals surface area contributed by atoms with Crippen LogP contribution in [0.25, 0.3) is 0 Å². The molecule has 0 radical (unpaired) electrons. The monoisotopic (exact) mass is 233 g/mol. The van der Waals surface area contributed by atoms with Gasteiger partial charge in [-0.15, -0.1) is 0 Å². The van der Waals surface area contributed by atoms with Crippen LogP contribution in [0, 0.1) is 29.6 Å². The van der Waals surface area contributed by atoms with Gasteiger partial charge in [0.1, 0.15) is 0 Å². The maximum absolute atomic E-state index is 4.03. The van der Waals surface area contributed by atoms with Gasteiger partial charge in [0.15, 0.2) is 0 Å². The molecule has 5 rings (SSSR count). The Labute approximate surface area is 106 Å². The fourth-order valence-corrected chi connectivity index (χ4v) is 5.45. The van der Waals surface area contributed by atoms with Crippen molar-refractivity contribution in [2.75, 3.05) is 0 Å². The fourth-order valence-electron chi connectivity index (χ4n) is 5.45. The molecule has 1 atom stereocenters. The third-order valence-electron chi connectivity index (χ3n) is 6.09. The zero-order valence-corrected chi connectivity index (χ0v) is 11.2. The normalized spacial score (nSPS) is 49.6. The first-order valence-corrected chi connectivity index (χ1v) is 8.04. The lowest BCUT2D eigenvalue weighted by Crippen LogP contribution is -2.56. The van der Waals surface area contributed by atoms with Gasteiger partial charge in [0.25, 0.3) is 0 Å². The minimum atomic E-state index is 0.782. The molecule has 4 bridgehead atoms. The standard InChI is InChI=1S/C16H27N/c1-10(4-11-2-3-11)17-16-14-6-12-5-13(8-14)9-15(16)7-12/h10-17H,2-9H2,1H3. The van der Waals surface area contributed by atoms with Gasteiger partial charge in [0.2, 0.25) is 0 Å². The van der Waals surface area contributed by atoms with E-state index in [2.05, 4.69) is 12.2 Å². The quantitative estimate of drug-likeness (QED) is 0.782. The van der Waals surface area contributed by atoms with E-state index in [4.69, 9.17) is 0 Å². The van der Waals surface area contributed by atoms with Gasteiger partial charge in [-0.2, -0.15) is 0 Å². The molecule has 5 aliphatic carbocycles. The summed E-state index contributed by atoms with van der Waals surface area (Å²) in [6.45, 7) is 2.43. The maximum atomic E-state index is 4.03. The lowest BCUT2D eigenvalue weighted by Gasteiger charge is -2.55. The molecule has 1 N–H and O–H groups in total. The molecular weight excluding hydrogens is 206 g/mol. The fraction of sp³-hybridized carbons (Fsp3) is 1.00. The Morgan fingerprint density at radius 3 is 2.06 bits per heavy atom. The van der Waals surface area contributed by atoms with E-state index in [0.717, 1.165) is 41.7 Å². The van der Waals surface area contributed by atoms with E-state index in [1.165, 1.54) is 19.3 Å². The zero-order valence-electron chi connectivity index (χ0n) is 11.2. The van der Waals surface area contributed by atoms with Crippen LogP contribution in [0.5, 0.6) is 0 Å². The molecule has 0 heterocycles. The summed E-state index contributed by atoms with van der Waals surface area (Å²) in [5, 5.41) is 4.03. The topological polar surface area (TPSA) is 12.0 Å². The van der Waals surface area contributed by atoms with Crippen LogP contribution in [0.4, 0.5) is 0 Å². The highest BCUT2D eigenvalue weighted by atomic mass is 15.0. The Balaban J connectivity index is 1.40. The van der Waals surface area contributed by atoms with Crippen LogP contribution in [-0.4, -0.2) is 12.1 Å². The largest absolute Gasteiger partial charge is 0.311 e. The minimum absolute atomic E-state index is 0.782. The van der Waals surface area contributed by atoms with Crippen molar-refractivity contribution in [2.45, 2.75) is 70.4 Å². The lowest BCUT2D eigenvalue weighted by molar-refractivity contribution is -0.0174. The molecule has 0 aromatic heterocycles. The Morgan fingerprint density at radius 1 is 0.941 bits per heavy atom. The van der Waals surface area contributed by atoms with Crippen LogP contribution in [0.2, 0.25) is 0 Å². The van der Waals surface area contributed by atoms with Crippen molar-refractivity contribution < 1.29 is 0 Å². The van der Waals surface area contributed by atoms with Crippen LogP contribution in [0.15, 0.2) is 0 Å². The van der Waals surface area contributed by atoms with Gasteiger partial charge in [-0.25, -0.2) is 0 Å². The Hall–Kier alpha value is -0.0400. The lowest BCUT2D eigenvalue weighted by atomic mass is 9.54. The first kappa shape index (κ1) is 10.8. The Morgan fingerprint density at radius 2 is 1.53 bits per heavy atom. The Bertz CT molecular complexity index is 266. The predicted octanol–water partition coefficient (Wildman–Crippen LogP) is 3.59. The maximum Gasteiger partial charge on any atom is 0.0126 e. The van der Waals surface area contributed by atoms with Crippen LogP contribution in [0.1, 0.15) is 58.3 Å². The summed E-state index contributed by atoms with van der Waals surface area (Å²) in [5.74, 6) is 5.42. The molecule has 0 aromatic rings. The van der Waals surface area contributed by atoms with E-state index in [1.807, 2.05) is 0 Å². The second-order valence-corrected chi connectivity index (χ2v) is 7.70. The highest BCUT2D eigenvalue weighted by molar-refractivity contribution is 5.02. The third kappa shape index (κ3) is 2.05. The smallest absolute Gasteiger partial charge is 0.0126 e. The summed E-state index contributed by atoms with van der Waals surface area (Å²) in [6.07, 6.45) is 12.3. The van der Waals surface area contributed by atoms with Crippen molar-refractivity contribution in [3.05, 3.63) is 0 Å². The van der Waals surface area contributed by atoms with Gasteiger partial charge in [-0.1, -0.05) is 12.8 Å². The summed E-state index contributed by atoms with van der Waals surface area (Å²) in [4.78, 5) is 0. The molecule has 96 valence electrons. The summed E-state index contributed by atoms with van der Waals surface area (Å²) >= 11 is 0. The van der Waals surface area contributed by atoms with Gasteiger partial charge >= 0.3 is 0 Å². The molecule has 0 spiro atoms. The number of nitrogens with one attached hydrogen (secondary N) is 1. The molecule has 0 saturated heterocycles. The van der Waals surface area contributed by atoms with Crippen LogP contribution >= 0.6 is 0 Å². The van der Waals surface area contributed by atoms with E-state index in [9.17, 15) is 0 Å². The summed E-state index contributed by atoms with van der Waals surface area (Å²) in [6, 6.07) is 1.68. The number of hydrogen-bond acceptors (Lipinski definition) is 1. The van der Waals surface area contributed by atoms with Crippen LogP contribution in [-0.2, 0) is 0 Å². The van der Waals surface area contributed by atoms with E-state index in [1.54, 1.807) is 32.1 Å². The average Bonchev–Trinajstić information content (AvgIpc) is 3.06. The molecule has 1 nitrogen and oxygen atoms in total. The van der Waals surface area contributed by atoms with Gasteiger partial charge in [0.05, 0.1) is 0 Å². The van der Waals surface area contributed by atoms with Crippen molar-refractivity contribution in [3.63, 3.8) is 0 Å². The molecule has 0 aromatic carbocycles. The molecule has 1 heteroatoms. The summed E-state index contributed by atoms with van der Waals surface area (Å²) in [5.41, 5.74) is 0. The van der Waals surface area contributed by atoms with Crippen molar-refractivity contribution in [1.82, 2.24) is 5.32 Å². The molecule has 5 aliphatic rings. The highest BCUT2D eigenvalue weighted by Gasteiger charge is 2.48. The highest BCUT2D eigenvalue weighted by Crippen LogP contribution is 2.53. The van der Waals surface area contributed by atoms with E-state index in [-0.39, 0.29) is 0 Å². The number of rotatable bonds is 4. The van der Waals surface area contributed by atoms with Crippen molar-refractivity contribution >= 4 is 0 Å². The second-order valence-electron chi connectivity index (χ2n) is 7.70. The Kier molecular flexibility index (Phi) is 2.54. The van der Waals surface area contributed by atoms with Gasteiger partial charge < -0.3 is 5.32 Å². The average molecular weight is 233 g/mol. The van der Waals surface area contributed by atoms with Gasteiger partial charge in [-0.3, -0.25) is 0 Å². The SMILES string of the molecule is CC(CC1CC1)NC1C2CC3CC(C2)CC1C3. The second kappa shape index (κ2) is 3.98. The minimum Gasteiger partial charge on any atom is -0.311 e. The summed E-state index contributed by atoms with van der Waals surface area (Å²) < 4.78 is 0. The first-order chi connectivity index (χ1) is 8.28. The molecule has 5 fully saturated rings.